The lowest BCUT2D eigenvalue weighted by molar-refractivity contribution is -0.134. The van der Waals surface area contributed by atoms with E-state index in [9.17, 15) is 9.18 Å². The fraction of sp³-hybridized carbons (Fsp3) is 0.100. The van der Waals surface area contributed by atoms with Gasteiger partial charge in [-0.05, 0) is 18.2 Å². The van der Waals surface area contributed by atoms with Crippen LogP contribution in [0.15, 0.2) is 24.3 Å². The SMILES string of the molecule is COC(=O)C=Cc1ccc(O)cc1F. The standard InChI is InChI=1S/C10H9FO3/c1-14-10(13)5-3-7-2-4-8(12)6-9(7)11/h2-6,12H,1H3. The molecule has 0 aliphatic rings. The molecule has 74 valence electrons. The maximum atomic E-state index is 13.0. The van der Waals surface area contributed by atoms with Crippen LogP contribution in [0.4, 0.5) is 4.39 Å². The molecule has 0 bridgehead atoms. The third-order valence-corrected chi connectivity index (χ3v) is 1.58. The topological polar surface area (TPSA) is 46.5 Å². The van der Waals surface area contributed by atoms with Crippen LogP contribution in [-0.2, 0) is 9.53 Å². The van der Waals surface area contributed by atoms with E-state index in [2.05, 4.69) is 4.74 Å². The summed E-state index contributed by atoms with van der Waals surface area (Å²) in [5, 5.41) is 8.91. The molecular formula is C10H9FO3. The lowest BCUT2D eigenvalue weighted by atomic mass is 10.2. The lowest BCUT2D eigenvalue weighted by Gasteiger charge is -1.97. The number of halogens is 1. The van der Waals surface area contributed by atoms with Crippen LogP contribution in [-0.4, -0.2) is 18.2 Å². The fourth-order valence-corrected chi connectivity index (χ4v) is 0.877. The first kappa shape index (κ1) is 10.2. The van der Waals surface area contributed by atoms with E-state index in [0.717, 1.165) is 12.1 Å². The summed E-state index contributed by atoms with van der Waals surface area (Å²) >= 11 is 0. The summed E-state index contributed by atoms with van der Waals surface area (Å²) in [4.78, 5) is 10.7. The van der Waals surface area contributed by atoms with E-state index in [-0.39, 0.29) is 11.3 Å². The van der Waals surface area contributed by atoms with E-state index in [0.29, 0.717) is 0 Å². The van der Waals surface area contributed by atoms with Crippen molar-refractivity contribution < 1.29 is 19.0 Å². The number of carbonyl (C=O) groups is 1. The molecule has 0 saturated heterocycles. The van der Waals surface area contributed by atoms with Crippen LogP contribution in [0, 0.1) is 5.82 Å². The quantitative estimate of drug-likeness (QED) is 0.578. The summed E-state index contributed by atoms with van der Waals surface area (Å²) in [6.07, 6.45) is 2.38. The van der Waals surface area contributed by atoms with Gasteiger partial charge in [0, 0.05) is 17.7 Å². The zero-order valence-corrected chi connectivity index (χ0v) is 7.53. The van der Waals surface area contributed by atoms with E-state index in [1.165, 1.54) is 25.3 Å². The number of phenolic OH excluding ortho intramolecular Hbond substituents is 1. The zero-order chi connectivity index (χ0) is 10.6. The number of benzene rings is 1. The normalized spacial score (nSPS) is 10.4. The van der Waals surface area contributed by atoms with Gasteiger partial charge in [0.2, 0.25) is 0 Å². The van der Waals surface area contributed by atoms with Crippen LogP contribution < -0.4 is 0 Å². The van der Waals surface area contributed by atoms with Gasteiger partial charge in [-0.3, -0.25) is 0 Å². The number of carbonyl (C=O) groups excluding carboxylic acids is 1. The van der Waals surface area contributed by atoms with Crippen molar-refractivity contribution >= 4 is 12.0 Å². The van der Waals surface area contributed by atoms with Gasteiger partial charge in [0.05, 0.1) is 7.11 Å². The second-order valence-electron chi connectivity index (χ2n) is 2.56. The average molecular weight is 196 g/mol. The smallest absolute Gasteiger partial charge is 0.330 e. The Morgan fingerprint density at radius 3 is 2.86 bits per heavy atom. The summed E-state index contributed by atoms with van der Waals surface area (Å²) < 4.78 is 17.4. The maximum absolute atomic E-state index is 13.0. The monoisotopic (exact) mass is 196 g/mol. The first-order valence-electron chi connectivity index (χ1n) is 3.88. The number of phenols is 1. The number of ether oxygens (including phenoxy) is 1. The molecule has 1 aromatic rings. The van der Waals surface area contributed by atoms with Crippen molar-refractivity contribution in [2.24, 2.45) is 0 Å². The Morgan fingerprint density at radius 2 is 2.29 bits per heavy atom. The largest absolute Gasteiger partial charge is 0.508 e. The Hall–Kier alpha value is -1.84. The minimum Gasteiger partial charge on any atom is -0.508 e. The number of hydrogen-bond donors (Lipinski definition) is 1. The predicted molar refractivity (Wildman–Crippen MR) is 49.1 cm³/mol. The van der Waals surface area contributed by atoms with Crippen molar-refractivity contribution in [3.63, 3.8) is 0 Å². The molecule has 0 aliphatic heterocycles. The van der Waals surface area contributed by atoms with Gasteiger partial charge in [-0.2, -0.15) is 0 Å². The molecule has 0 spiro atoms. The van der Waals surface area contributed by atoms with E-state index < -0.39 is 11.8 Å². The lowest BCUT2D eigenvalue weighted by Crippen LogP contribution is -1.93. The highest BCUT2D eigenvalue weighted by atomic mass is 19.1. The van der Waals surface area contributed by atoms with Crippen LogP contribution in [0.5, 0.6) is 5.75 Å². The van der Waals surface area contributed by atoms with Crippen LogP contribution >= 0.6 is 0 Å². The molecule has 4 heteroatoms. The summed E-state index contributed by atoms with van der Waals surface area (Å²) in [5.41, 5.74) is 0.216. The Kier molecular flexibility index (Phi) is 3.23. The molecule has 0 atom stereocenters. The van der Waals surface area contributed by atoms with Gasteiger partial charge in [0.15, 0.2) is 0 Å². The summed E-state index contributed by atoms with van der Waals surface area (Å²) in [7, 11) is 1.24. The minimum absolute atomic E-state index is 0.155. The molecule has 0 aromatic heterocycles. The molecule has 1 rings (SSSR count). The van der Waals surface area contributed by atoms with E-state index in [1.807, 2.05) is 0 Å². The maximum Gasteiger partial charge on any atom is 0.330 e. The first-order chi connectivity index (χ1) is 6.63. The average Bonchev–Trinajstić information content (AvgIpc) is 2.16. The molecule has 0 radical (unpaired) electrons. The molecule has 14 heavy (non-hydrogen) atoms. The fourth-order valence-electron chi connectivity index (χ4n) is 0.877. The molecule has 0 heterocycles. The summed E-state index contributed by atoms with van der Waals surface area (Å²) in [6, 6.07) is 3.67. The number of aromatic hydroxyl groups is 1. The molecule has 3 nitrogen and oxygen atoms in total. The minimum atomic E-state index is -0.592. The van der Waals surface area contributed by atoms with Crippen LogP contribution in [0.25, 0.3) is 6.08 Å². The Balaban J connectivity index is 2.87. The second-order valence-corrected chi connectivity index (χ2v) is 2.56. The van der Waals surface area contributed by atoms with Gasteiger partial charge in [0.1, 0.15) is 11.6 Å². The Labute approximate surface area is 80.4 Å². The molecule has 0 saturated carbocycles. The number of esters is 1. The van der Waals surface area contributed by atoms with Crippen LogP contribution in [0.3, 0.4) is 0 Å². The van der Waals surface area contributed by atoms with Crippen molar-refractivity contribution in [2.45, 2.75) is 0 Å². The molecular weight excluding hydrogens is 187 g/mol. The third-order valence-electron chi connectivity index (χ3n) is 1.58. The summed E-state index contributed by atoms with van der Waals surface area (Å²) in [6.45, 7) is 0. The van der Waals surface area contributed by atoms with Crippen LogP contribution in [0.1, 0.15) is 5.56 Å². The third kappa shape index (κ3) is 2.58. The Bertz CT molecular complexity index is 372. The van der Waals surface area contributed by atoms with Crippen LogP contribution in [0.2, 0.25) is 0 Å². The van der Waals surface area contributed by atoms with E-state index in [1.54, 1.807) is 0 Å². The number of hydrogen-bond acceptors (Lipinski definition) is 3. The molecule has 1 aromatic carbocycles. The molecule has 0 fully saturated rings. The highest BCUT2D eigenvalue weighted by Gasteiger charge is 2.00. The van der Waals surface area contributed by atoms with E-state index >= 15 is 0 Å². The van der Waals surface area contributed by atoms with Gasteiger partial charge in [-0.15, -0.1) is 0 Å². The van der Waals surface area contributed by atoms with Crippen molar-refractivity contribution in [3.05, 3.63) is 35.7 Å². The number of methoxy groups -OCH3 is 1. The van der Waals surface area contributed by atoms with Gasteiger partial charge in [-0.1, -0.05) is 0 Å². The van der Waals surface area contributed by atoms with Crippen molar-refractivity contribution in [3.8, 4) is 5.75 Å². The zero-order valence-electron chi connectivity index (χ0n) is 7.53. The molecule has 0 amide bonds. The number of rotatable bonds is 2. The highest BCUT2D eigenvalue weighted by Crippen LogP contribution is 2.15. The predicted octanol–water partition coefficient (Wildman–Crippen LogP) is 1.72. The highest BCUT2D eigenvalue weighted by molar-refractivity contribution is 5.86. The van der Waals surface area contributed by atoms with Gasteiger partial charge in [-0.25, -0.2) is 9.18 Å². The van der Waals surface area contributed by atoms with Gasteiger partial charge < -0.3 is 9.84 Å². The van der Waals surface area contributed by atoms with Gasteiger partial charge >= 0.3 is 5.97 Å². The summed E-state index contributed by atoms with van der Waals surface area (Å²) in [5.74, 6) is -1.31. The van der Waals surface area contributed by atoms with Crippen molar-refractivity contribution in [1.82, 2.24) is 0 Å². The molecule has 1 N–H and O–H groups in total. The van der Waals surface area contributed by atoms with E-state index in [4.69, 9.17) is 5.11 Å². The van der Waals surface area contributed by atoms with Crippen molar-refractivity contribution in [2.75, 3.05) is 7.11 Å². The van der Waals surface area contributed by atoms with Gasteiger partial charge in [0.25, 0.3) is 0 Å². The molecule has 0 aliphatic carbocycles. The molecule has 0 unspecified atom stereocenters. The van der Waals surface area contributed by atoms with Crippen molar-refractivity contribution in [1.29, 1.82) is 0 Å². The first-order valence-corrected chi connectivity index (χ1v) is 3.88. The second kappa shape index (κ2) is 4.41. The Morgan fingerprint density at radius 1 is 1.57 bits per heavy atom.